The number of likely N-dealkylation sites (tertiary alicyclic amines) is 1. The summed E-state index contributed by atoms with van der Waals surface area (Å²) in [5, 5.41) is 7.75. The van der Waals surface area contributed by atoms with E-state index in [9.17, 15) is 13.2 Å². The molecule has 2 aliphatic heterocycles. The van der Waals surface area contributed by atoms with Crippen LogP contribution in [-0.2, 0) is 23.0 Å². The van der Waals surface area contributed by atoms with Gasteiger partial charge in [-0.1, -0.05) is 24.3 Å². The van der Waals surface area contributed by atoms with Gasteiger partial charge in [-0.25, -0.2) is 8.42 Å². The van der Waals surface area contributed by atoms with Gasteiger partial charge in [0, 0.05) is 32.4 Å². The second kappa shape index (κ2) is 7.37. The van der Waals surface area contributed by atoms with Crippen molar-refractivity contribution in [3.05, 3.63) is 53.5 Å². The Kier molecular flexibility index (Phi) is 4.67. The highest BCUT2D eigenvalue weighted by Gasteiger charge is 2.30. The number of hydrogen-bond donors (Lipinski definition) is 1. The molecule has 10 heteroatoms. The molecule has 5 rings (SSSR count). The number of hydrogen-bond acceptors (Lipinski definition) is 6. The Hall–Kier alpha value is -2.98. The third kappa shape index (κ3) is 3.31. The molecule has 1 N–H and O–H groups in total. The molecule has 0 radical (unpaired) electrons. The van der Waals surface area contributed by atoms with Gasteiger partial charge in [0.05, 0.1) is 0 Å². The highest BCUT2D eigenvalue weighted by Crippen LogP contribution is 2.27. The maximum absolute atomic E-state index is 13.1. The third-order valence-electron chi connectivity index (χ3n) is 5.62. The first kappa shape index (κ1) is 19.0. The number of H-pyrrole nitrogens is 1. The summed E-state index contributed by atoms with van der Waals surface area (Å²) >= 11 is 0. The van der Waals surface area contributed by atoms with Gasteiger partial charge in [-0.05, 0) is 36.5 Å². The van der Waals surface area contributed by atoms with Crippen molar-refractivity contribution < 1.29 is 17.6 Å². The Morgan fingerprint density at radius 1 is 1.07 bits per heavy atom. The number of carbonyl (C=O) groups is 1. The first-order valence-corrected chi connectivity index (χ1v) is 11.3. The van der Waals surface area contributed by atoms with Crippen LogP contribution < -0.4 is 0 Å². The van der Waals surface area contributed by atoms with Crippen LogP contribution in [0.4, 0.5) is 0 Å². The molecule has 1 aromatic carbocycles. The molecule has 4 heterocycles. The Bertz CT molecular complexity index is 1190. The van der Waals surface area contributed by atoms with E-state index >= 15 is 0 Å². The zero-order valence-corrected chi connectivity index (χ0v) is 17.1. The number of rotatable bonds is 4. The zero-order chi connectivity index (χ0) is 20.7. The molecule has 3 aromatic rings. The quantitative estimate of drug-likeness (QED) is 0.682. The van der Waals surface area contributed by atoms with Gasteiger partial charge in [-0.3, -0.25) is 4.79 Å². The van der Waals surface area contributed by atoms with Crippen molar-refractivity contribution in [3.8, 4) is 11.6 Å². The van der Waals surface area contributed by atoms with E-state index in [4.69, 9.17) is 4.42 Å². The number of sulfonamides is 1. The van der Waals surface area contributed by atoms with Gasteiger partial charge in [-0.15, -0.1) is 10.2 Å². The van der Waals surface area contributed by atoms with Gasteiger partial charge in [0.2, 0.25) is 10.0 Å². The maximum Gasteiger partial charge on any atom is 0.311 e. The standard InChI is InChI=1S/C20H21N5O4S/c26-20(24-8-3-4-9-24)19-23-22-18(29-19)17-11-16(12-21-17)30(27,28)25-10-7-14-5-1-2-6-15(14)13-25/h1-2,5-6,11-12,21H,3-4,7-10,13H2. The molecule has 156 valence electrons. The molecule has 0 atom stereocenters. The number of fused-ring (bicyclic) bond motifs is 1. The fraction of sp³-hybridized carbons (Fsp3) is 0.350. The Balaban J connectivity index is 1.36. The van der Waals surface area contributed by atoms with Crippen LogP contribution in [0.1, 0.15) is 34.7 Å². The minimum atomic E-state index is -3.68. The molecule has 9 nitrogen and oxygen atoms in total. The molecular formula is C20H21N5O4S. The Morgan fingerprint density at radius 2 is 1.83 bits per heavy atom. The lowest BCUT2D eigenvalue weighted by atomic mass is 10.0. The summed E-state index contributed by atoms with van der Waals surface area (Å²) in [5.41, 5.74) is 2.56. The lowest BCUT2D eigenvalue weighted by molar-refractivity contribution is 0.0754. The summed E-state index contributed by atoms with van der Waals surface area (Å²) in [4.78, 5) is 17.1. The zero-order valence-electron chi connectivity index (χ0n) is 16.2. The highest BCUT2D eigenvalue weighted by atomic mass is 32.2. The van der Waals surface area contributed by atoms with E-state index in [-0.39, 0.29) is 22.6 Å². The normalized spacial score (nSPS) is 17.3. The molecule has 1 saturated heterocycles. The highest BCUT2D eigenvalue weighted by molar-refractivity contribution is 7.89. The number of benzene rings is 1. The molecule has 2 aliphatic rings. The summed E-state index contributed by atoms with van der Waals surface area (Å²) in [6.07, 6.45) is 4.02. The van der Waals surface area contributed by atoms with Crippen LogP contribution in [0.2, 0.25) is 0 Å². The molecule has 0 spiro atoms. The summed E-state index contributed by atoms with van der Waals surface area (Å²) in [6.45, 7) is 2.13. The lowest BCUT2D eigenvalue weighted by Crippen LogP contribution is -2.35. The van der Waals surface area contributed by atoms with Crippen molar-refractivity contribution in [2.45, 2.75) is 30.7 Å². The number of aromatic nitrogens is 3. The summed E-state index contributed by atoms with van der Waals surface area (Å²) < 4.78 is 33.2. The molecule has 2 aromatic heterocycles. The Morgan fingerprint density at radius 3 is 2.63 bits per heavy atom. The third-order valence-corrected chi connectivity index (χ3v) is 7.44. The lowest BCUT2D eigenvalue weighted by Gasteiger charge is -2.27. The average molecular weight is 427 g/mol. The first-order valence-electron chi connectivity index (χ1n) is 9.91. The molecule has 0 unspecified atom stereocenters. The van der Waals surface area contributed by atoms with Gasteiger partial charge in [0.25, 0.3) is 5.89 Å². The van der Waals surface area contributed by atoms with Crippen molar-refractivity contribution in [1.82, 2.24) is 24.4 Å². The van der Waals surface area contributed by atoms with Crippen LogP contribution in [0.5, 0.6) is 0 Å². The first-order chi connectivity index (χ1) is 14.5. The van der Waals surface area contributed by atoms with Crippen LogP contribution in [0.3, 0.4) is 0 Å². The van der Waals surface area contributed by atoms with Crippen LogP contribution in [0.25, 0.3) is 11.6 Å². The predicted octanol–water partition coefficient (Wildman–Crippen LogP) is 2.05. The van der Waals surface area contributed by atoms with Gasteiger partial charge in [0.1, 0.15) is 10.6 Å². The second-order valence-corrected chi connectivity index (χ2v) is 9.46. The molecule has 0 saturated carbocycles. The number of nitrogens with zero attached hydrogens (tertiary/aromatic N) is 4. The number of aromatic amines is 1. The van der Waals surface area contributed by atoms with Crippen LogP contribution in [-0.4, -0.2) is 58.3 Å². The van der Waals surface area contributed by atoms with E-state index in [1.54, 1.807) is 4.90 Å². The van der Waals surface area contributed by atoms with E-state index in [1.807, 2.05) is 24.3 Å². The van der Waals surface area contributed by atoms with Crippen LogP contribution >= 0.6 is 0 Å². The summed E-state index contributed by atoms with van der Waals surface area (Å²) in [7, 11) is -3.68. The SMILES string of the molecule is O=C(c1nnc(-c2cc(S(=O)(=O)N3CCc4ccccc4C3)c[nH]2)o1)N1CCCC1. The largest absolute Gasteiger partial charge is 0.411 e. The summed E-state index contributed by atoms with van der Waals surface area (Å²) in [6, 6.07) is 9.34. The van der Waals surface area contributed by atoms with Gasteiger partial charge in [-0.2, -0.15) is 4.31 Å². The van der Waals surface area contributed by atoms with Crippen molar-refractivity contribution in [2.75, 3.05) is 19.6 Å². The molecule has 1 amide bonds. The molecule has 30 heavy (non-hydrogen) atoms. The summed E-state index contributed by atoms with van der Waals surface area (Å²) in [5.74, 6) is -0.292. The average Bonchev–Trinajstić information content (AvgIpc) is 3.54. The van der Waals surface area contributed by atoms with Crippen molar-refractivity contribution >= 4 is 15.9 Å². The van der Waals surface area contributed by atoms with Crippen molar-refractivity contribution in [1.29, 1.82) is 0 Å². The fourth-order valence-electron chi connectivity index (χ4n) is 3.94. The van der Waals surface area contributed by atoms with Crippen LogP contribution in [0.15, 0.2) is 45.8 Å². The fourth-order valence-corrected chi connectivity index (χ4v) is 5.36. The second-order valence-electron chi connectivity index (χ2n) is 7.52. The van der Waals surface area contributed by atoms with Crippen LogP contribution in [0, 0.1) is 0 Å². The Labute approximate surface area is 173 Å². The minimum absolute atomic E-state index is 0.0847. The van der Waals surface area contributed by atoms with E-state index < -0.39 is 10.0 Å². The number of carbonyl (C=O) groups excluding carboxylic acids is 1. The predicted molar refractivity (Wildman–Crippen MR) is 107 cm³/mol. The van der Waals surface area contributed by atoms with E-state index in [0.717, 1.165) is 18.4 Å². The van der Waals surface area contributed by atoms with Gasteiger partial charge < -0.3 is 14.3 Å². The van der Waals surface area contributed by atoms with E-state index in [1.165, 1.54) is 22.1 Å². The molecule has 0 bridgehead atoms. The molecule has 1 fully saturated rings. The molecule has 0 aliphatic carbocycles. The smallest absolute Gasteiger partial charge is 0.311 e. The van der Waals surface area contributed by atoms with Crippen molar-refractivity contribution in [3.63, 3.8) is 0 Å². The van der Waals surface area contributed by atoms with E-state index in [0.29, 0.717) is 38.3 Å². The van der Waals surface area contributed by atoms with Gasteiger partial charge >= 0.3 is 11.8 Å². The van der Waals surface area contributed by atoms with E-state index in [2.05, 4.69) is 15.2 Å². The number of amides is 1. The van der Waals surface area contributed by atoms with Crippen molar-refractivity contribution in [2.24, 2.45) is 0 Å². The maximum atomic E-state index is 13.1. The molecular weight excluding hydrogens is 406 g/mol. The van der Waals surface area contributed by atoms with Gasteiger partial charge in [0.15, 0.2) is 0 Å². The monoisotopic (exact) mass is 427 g/mol. The minimum Gasteiger partial charge on any atom is -0.411 e. The number of nitrogens with one attached hydrogen (secondary N) is 1. The topological polar surface area (TPSA) is 112 Å².